The van der Waals surface area contributed by atoms with Crippen molar-refractivity contribution in [2.75, 3.05) is 6.54 Å². The Morgan fingerprint density at radius 1 is 1.60 bits per heavy atom. The molecule has 0 amide bonds. The van der Waals surface area contributed by atoms with Gasteiger partial charge in [0.15, 0.2) is 0 Å². The Morgan fingerprint density at radius 3 is 2.80 bits per heavy atom. The van der Waals surface area contributed by atoms with Crippen molar-refractivity contribution in [3.05, 3.63) is 24.3 Å². The summed E-state index contributed by atoms with van der Waals surface area (Å²) in [5, 5.41) is 10.2. The van der Waals surface area contributed by atoms with Gasteiger partial charge in [0, 0.05) is 24.4 Å². The van der Waals surface area contributed by atoms with Crippen molar-refractivity contribution in [3.8, 4) is 0 Å². The minimum atomic E-state index is -0.576. The summed E-state index contributed by atoms with van der Waals surface area (Å²) in [6, 6.07) is 0. The van der Waals surface area contributed by atoms with E-state index in [1.807, 2.05) is 0 Å². The normalized spacial score (nSPS) is 32.1. The van der Waals surface area contributed by atoms with Crippen LogP contribution in [-0.4, -0.2) is 21.6 Å². The number of nitrogens with zero attached hydrogens (tertiary/aromatic N) is 2. The highest BCUT2D eigenvalue weighted by molar-refractivity contribution is 5.09. The van der Waals surface area contributed by atoms with Crippen LogP contribution < -0.4 is 5.73 Å². The largest absolute Gasteiger partial charge is 0.386 e. The molecule has 1 atom stereocenters. The summed E-state index contributed by atoms with van der Waals surface area (Å²) in [5.74, 6) is 0.653. The zero-order chi connectivity index (χ0) is 10.9. The number of nitrogens with two attached hydrogens (primary N) is 1. The van der Waals surface area contributed by atoms with E-state index in [2.05, 4.69) is 16.9 Å². The first kappa shape index (κ1) is 10.5. The highest BCUT2D eigenvalue weighted by Crippen LogP contribution is 2.52. The van der Waals surface area contributed by atoms with Crippen LogP contribution in [0.25, 0.3) is 0 Å². The topological polar surface area (TPSA) is 72.0 Å². The summed E-state index contributed by atoms with van der Waals surface area (Å²) in [5.41, 5.74) is 6.22. The minimum absolute atomic E-state index is 0.171. The third-order valence-corrected chi connectivity index (χ3v) is 3.36. The lowest BCUT2D eigenvalue weighted by atomic mass is 9.59. The lowest BCUT2D eigenvalue weighted by molar-refractivity contribution is -0.0625. The molecule has 1 saturated carbocycles. The van der Waals surface area contributed by atoms with Crippen molar-refractivity contribution in [3.63, 3.8) is 0 Å². The van der Waals surface area contributed by atoms with Crippen molar-refractivity contribution < 1.29 is 5.11 Å². The summed E-state index contributed by atoms with van der Waals surface area (Å²) >= 11 is 0. The predicted molar refractivity (Wildman–Crippen MR) is 56.9 cm³/mol. The maximum Gasteiger partial charge on any atom is 0.104 e. The second-order valence-electron chi connectivity index (χ2n) is 4.61. The van der Waals surface area contributed by atoms with E-state index in [1.165, 1.54) is 0 Å². The maximum absolute atomic E-state index is 10.2. The third-order valence-electron chi connectivity index (χ3n) is 3.36. The Morgan fingerprint density at radius 2 is 2.33 bits per heavy atom. The molecule has 15 heavy (non-hydrogen) atoms. The molecule has 0 radical (unpaired) electrons. The Kier molecular flexibility index (Phi) is 2.71. The number of aromatic nitrogens is 2. The summed E-state index contributed by atoms with van der Waals surface area (Å²) in [6.45, 7) is 2.69. The van der Waals surface area contributed by atoms with Crippen LogP contribution in [-0.2, 0) is 0 Å². The van der Waals surface area contributed by atoms with Gasteiger partial charge in [0.2, 0.25) is 0 Å². The van der Waals surface area contributed by atoms with E-state index in [1.54, 1.807) is 18.6 Å². The Bertz CT molecular complexity index is 322. The van der Waals surface area contributed by atoms with E-state index in [9.17, 15) is 5.11 Å². The molecular formula is C11H17N3O. The first-order chi connectivity index (χ1) is 7.18. The minimum Gasteiger partial charge on any atom is -0.386 e. The van der Waals surface area contributed by atoms with Crippen LogP contribution in [0.5, 0.6) is 0 Å². The standard InChI is InChI=1S/C11H17N3O/c1-8-4-11(5-8,7-12)10(15)9-6-13-2-3-14-9/h2-3,6,8,10,15H,4-5,7,12H2,1H3. The molecule has 3 N–H and O–H groups in total. The molecule has 0 aliphatic heterocycles. The molecular weight excluding hydrogens is 190 g/mol. The molecule has 2 rings (SSSR count). The van der Waals surface area contributed by atoms with Gasteiger partial charge < -0.3 is 10.8 Å². The van der Waals surface area contributed by atoms with Gasteiger partial charge >= 0.3 is 0 Å². The highest BCUT2D eigenvalue weighted by Gasteiger charge is 2.47. The zero-order valence-corrected chi connectivity index (χ0v) is 8.93. The number of aliphatic hydroxyl groups is 1. The quantitative estimate of drug-likeness (QED) is 0.772. The van der Waals surface area contributed by atoms with Gasteiger partial charge in [-0.05, 0) is 18.8 Å². The van der Waals surface area contributed by atoms with E-state index in [-0.39, 0.29) is 5.41 Å². The second kappa shape index (κ2) is 3.87. The monoisotopic (exact) mass is 207 g/mol. The average molecular weight is 207 g/mol. The molecule has 1 heterocycles. The second-order valence-corrected chi connectivity index (χ2v) is 4.61. The van der Waals surface area contributed by atoms with Gasteiger partial charge in [0.1, 0.15) is 6.10 Å². The first-order valence-electron chi connectivity index (χ1n) is 5.32. The van der Waals surface area contributed by atoms with E-state index in [0.717, 1.165) is 12.8 Å². The molecule has 82 valence electrons. The van der Waals surface area contributed by atoms with Crippen LogP contribution in [0.4, 0.5) is 0 Å². The van der Waals surface area contributed by atoms with Gasteiger partial charge in [-0.2, -0.15) is 0 Å². The molecule has 0 bridgehead atoms. The number of hydrogen-bond donors (Lipinski definition) is 2. The van der Waals surface area contributed by atoms with Gasteiger partial charge in [-0.1, -0.05) is 6.92 Å². The van der Waals surface area contributed by atoms with Crippen molar-refractivity contribution in [2.24, 2.45) is 17.1 Å². The van der Waals surface area contributed by atoms with E-state index in [4.69, 9.17) is 5.73 Å². The van der Waals surface area contributed by atoms with Crippen molar-refractivity contribution >= 4 is 0 Å². The van der Waals surface area contributed by atoms with Crippen LogP contribution in [0.2, 0.25) is 0 Å². The molecule has 1 aliphatic rings. The van der Waals surface area contributed by atoms with Crippen LogP contribution in [0.1, 0.15) is 31.6 Å². The summed E-state index contributed by atoms with van der Waals surface area (Å²) in [4.78, 5) is 8.10. The molecule has 1 aromatic rings. The lowest BCUT2D eigenvalue weighted by Gasteiger charge is -2.48. The van der Waals surface area contributed by atoms with Crippen LogP contribution in [0.15, 0.2) is 18.6 Å². The smallest absolute Gasteiger partial charge is 0.104 e. The van der Waals surface area contributed by atoms with Gasteiger partial charge in [-0.25, -0.2) is 0 Å². The average Bonchev–Trinajstić information content (AvgIpc) is 2.25. The van der Waals surface area contributed by atoms with Crippen LogP contribution in [0, 0.1) is 11.3 Å². The summed E-state index contributed by atoms with van der Waals surface area (Å²) in [6.07, 6.45) is 6.19. The SMILES string of the molecule is CC1CC(CN)(C(O)c2cnccn2)C1. The van der Waals surface area contributed by atoms with E-state index >= 15 is 0 Å². The zero-order valence-electron chi connectivity index (χ0n) is 8.93. The molecule has 1 unspecified atom stereocenters. The number of aliphatic hydroxyl groups excluding tert-OH is 1. The molecule has 0 spiro atoms. The van der Waals surface area contributed by atoms with Crippen molar-refractivity contribution in [2.45, 2.75) is 25.9 Å². The molecule has 1 aliphatic carbocycles. The van der Waals surface area contributed by atoms with Crippen LogP contribution >= 0.6 is 0 Å². The van der Waals surface area contributed by atoms with Gasteiger partial charge in [-0.15, -0.1) is 0 Å². The molecule has 4 heteroatoms. The van der Waals surface area contributed by atoms with Crippen LogP contribution in [0.3, 0.4) is 0 Å². The van der Waals surface area contributed by atoms with E-state index < -0.39 is 6.10 Å². The fraction of sp³-hybridized carbons (Fsp3) is 0.636. The summed E-state index contributed by atoms with van der Waals surface area (Å²) in [7, 11) is 0. The van der Waals surface area contributed by atoms with Crippen molar-refractivity contribution in [1.82, 2.24) is 9.97 Å². The third kappa shape index (κ3) is 1.75. The maximum atomic E-state index is 10.2. The molecule has 1 aromatic heterocycles. The predicted octanol–water partition coefficient (Wildman–Crippen LogP) is 0.885. The summed E-state index contributed by atoms with van der Waals surface area (Å²) < 4.78 is 0. The molecule has 1 fully saturated rings. The number of rotatable bonds is 3. The van der Waals surface area contributed by atoms with Gasteiger partial charge in [-0.3, -0.25) is 9.97 Å². The lowest BCUT2D eigenvalue weighted by Crippen LogP contribution is -2.47. The fourth-order valence-electron chi connectivity index (χ4n) is 2.60. The highest BCUT2D eigenvalue weighted by atomic mass is 16.3. The van der Waals surface area contributed by atoms with Gasteiger partial charge in [0.25, 0.3) is 0 Å². The Hall–Kier alpha value is -1.00. The molecule has 4 nitrogen and oxygen atoms in total. The number of hydrogen-bond acceptors (Lipinski definition) is 4. The fourth-order valence-corrected chi connectivity index (χ4v) is 2.60. The van der Waals surface area contributed by atoms with Crippen molar-refractivity contribution in [1.29, 1.82) is 0 Å². The Balaban J connectivity index is 2.17. The Labute approximate surface area is 89.6 Å². The molecule has 0 saturated heterocycles. The van der Waals surface area contributed by atoms with E-state index in [0.29, 0.717) is 18.2 Å². The van der Waals surface area contributed by atoms with Gasteiger partial charge in [0.05, 0.1) is 11.9 Å². The molecule has 0 aromatic carbocycles. The first-order valence-corrected chi connectivity index (χ1v) is 5.32.